The Kier molecular flexibility index (Phi) is 4.10. The number of hydrogen-bond acceptors (Lipinski definition) is 3. The van der Waals surface area contributed by atoms with Crippen LogP contribution in [-0.4, -0.2) is 36.2 Å². The van der Waals surface area contributed by atoms with Gasteiger partial charge >= 0.3 is 0 Å². The topological polar surface area (TPSA) is 35.5 Å². The molecular weight excluding hydrogens is 304 g/mol. The standard InChI is InChI=1S/C15H21BrN2O/c16-12-4-5-13(14(19)10-12)15(11-2-1-3-11)18-8-6-17-7-9-18/h4-5,10-11,15,17,19H,1-3,6-9H2/t15-/m0/s1. The van der Waals surface area contributed by atoms with Gasteiger partial charge in [0.15, 0.2) is 0 Å². The summed E-state index contributed by atoms with van der Waals surface area (Å²) in [6, 6.07) is 6.35. The lowest BCUT2D eigenvalue weighted by atomic mass is 9.76. The van der Waals surface area contributed by atoms with Gasteiger partial charge in [0.05, 0.1) is 0 Å². The van der Waals surface area contributed by atoms with Crippen LogP contribution in [0.25, 0.3) is 0 Å². The molecule has 1 aromatic rings. The van der Waals surface area contributed by atoms with Crippen molar-refractivity contribution in [2.75, 3.05) is 26.2 Å². The van der Waals surface area contributed by atoms with Gasteiger partial charge in [0, 0.05) is 42.3 Å². The highest BCUT2D eigenvalue weighted by Crippen LogP contribution is 2.44. The summed E-state index contributed by atoms with van der Waals surface area (Å²) >= 11 is 3.43. The van der Waals surface area contributed by atoms with Gasteiger partial charge in [0.2, 0.25) is 0 Å². The summed E-state index contributed by atoms with van der Waals surface area (Å²) in [7, 11) is 0. The minimum absolute atomic E-state index is 0.393. The predicted octanol–water partition coefficient (Wildman–Crippen LogP) is 2.90. The van der Waals surface area contributed by atoms with Crippen molar-refractivity contribution in [3.63, 3.8) is 0 Å². The SMILES string of the molecule is Oc1cc(Br)ccc1[C@H](C1CCC1)N1CCNCC1. The van der Waals surface area contributed by atoms with Crippen molar-refractivity contribution in [1.29, 1.82) is 0 Å². The minimum Gasteiger partial charge on any atom is -0.508 e. The van der Waals surface area contributed by atoms with Crippen LogP contribution in [0.1, 0.15) is 30.9 Å². The molecule has 2 aliphatic rings. The number of hydrogen-bond donors (Lipinski definition) is 2. The summed E-state index contributed by atoms with van der Waals surface area (Å²) in [6.45, 7) is 4.27. The Hall–Kier alpha value is -0.580. The number of rotatable bonds is 3. The van der Waals surface area contributed by atoms with Crippen LogP contribution in [0.4, 0.5) is 0 Å². The Morgan fingerprint density at radius 2 is 2.00 bits per heavy atom. The minimum atomic E-state index is 0.393. The van der Waals surface area contributed by atoms with Crippen molar-refractivity contribution in [3.05, 3.63) is 28.2 Å². The van der Waals surface area contributed by atoms with E-state index in [4.69, 9.17) is 0 Å². The zero-order valence-corrected chi connectivity index (χ0v) is 12.7. The van der Waals surface area contributed by atoms with E-state index in [1.807, 2.05) is 12.1 Å². The van der Waals surface area contributed by atoms with Crippen LogP contribution in [-0.2, 0) is 0 Å². The molecule has 1 saturated carbocycles. The van der Waals surface area contributed by atoms with E-state index in [1.54, 1.807) is 0 Å². The van der Waals surface area contributed by atoms with Crippen LogP contribution < -0.4 is 5.32 Å². The molecule has 0 aromatic heterocycles. The van der Waals surface area contributed by atoms with Crippen molar-refractivity contribution in [2.24, 2.45) is 5.92 Å². The first-order valence-electron chi connectivity index (χ1n) is 7.19. The van der Waals surface area contributed by atoms with E-state index in [0.717, 1.165) is 36.2 Å². The normalized spacial score (nSPS) is 23.0. The summed E-state index contributed by atoms with van der Waals surface area (Å²) in [5, 5.41) is 13.7. The summed E-state index contributed by atoms with van der Waals surface area (Å²) in [6.07, 6.45) is 3.93. The van der Waals surface area contributed by atoms with Gasteiger partial charge in [-0.3, -0.25) is 4.90 Å². The Morgan fingerprint density at radius 3 is 2.58 bits per heavy atom. The molecule has 2 N–H and O–H groups in total. The van der Waals surface area contributed by atoms with Crippen molar-refractivity contribution in [2.45, 2.75) is 25.3 Å². The lowest BCUT2D eigenvalue weighted by molar-refractivity contribution is 0.0819. The third-order valence-corrected chi connectivity index (χ3v) is 4.95. The highest BCUT2D eigenvalue weighted by Gasteiger charge is 2.34. The molecule has 3 rings (SSSR count). The molecule has 1 aromatic carbocycles. The summed E-state index contributed by atoms with van der Waals surface area (Å²) in [5.41, 5.74) is 1.11. The largest absolute Gasteiger partial charge is 0.508 e. The van der Waals surface area contributed by atoms with E-state index in [0.29, 0.717) is 17.7 Å². The molecule has 3 nitrogen and oxygen atoms in total. The molecule has 0 bridgehead atoms. The average molecular weight is 325 g/mol. The first kappa shape index (κ1) is 13.4. The average Bonchev–Trinajstić information content (AvgIpc) is 2.35. The van der Waals surface area contributed by atoms with Crippen molar-refractivity contribution in [1.82, 2.24) is 10.2 Å². The van der Waals surface area contributed by atoms with Crippen LogP contribution in [0, 0.1) is 5.92 Å². The molecule has 104 valence electrons. The zero-order chi connectivity index (χ0) is 13.2. The third kappa shape index (κ3) is 2.81. The fourth-order valence-electron chi connectivity index (χ4n) is 3.23. The van der Waals surface area contributed by atoms with E-state index in [2.05, 4.69) is 32.2 Å². The number of phenols is 1. The van der Waals surface area contributed by atoms with Gasteiger partial charge in [-0.15, -0.1) is 0 Å². The van der Waals surface area contributed by atoms with Crippen molar-refractivity contribution in [3.8, 4) is 5.75 Å². The van der Waals surface area contributed by atoms with E-state index in [9.17, 15) is 5.11 Å². The maximum atomic E-state index is 10.3. The van der Waals surface area contributed by atoms with E-state index in [1.165, 1.54) is 19.3 Å². The fraction of sp³-hybridized carbons (Fsp3) is 0.600. The number of benzene rings is 1. The number of piperazine rings is 1. The first-order chi connectivity index (χ1) is 9.25. The number of aromatic hydroxyl groups is 1. The van der Waals surface area contributed by atoms with Gasteiger partial charge in [-0.25, -0.2) is 0 Å². The molecule has 1 heterocycles. The second-order valence-electron chi connectivity index (χ2n) is 5.62. The molecule has 1 atom stereocenters. The van der Waals surface area contributed by atoms with Gasteiger partial charge < -0.3 is 10.4 Å². The maximum absolute atomic E-state index is 10.3. The van der Waals surface area contributed by atoms with Crippen LogP contribution in [0.5, 0.6) is 5.75 Å². The Balaban J connectivity index is 1.88. The molecule has 2 fully saturated rings. The van der Waals surface area contributed by atoms with Crippen molar-refractivity contribution >= 4 is 15.9 Å². The molecule has 4 heteroatoms. The number of halogens is 1. The zero-order valence-electron chi connectivity index (χ0n) is 11.1. The lowest BCUT2D eigenvalue weighted by Crippen LogP contribution is -2.47. The van der Waals surface area contributed by atoms with E-state index in [-0.39, 0.29) is 0 Å². The highest BCUT2D eigenvalue weighted by atomic mass is 79.9. The lowest BCUT2D eigenvalue weighted by Gasteiger charge is -2.43. The number of nitrogens with zero attached hydrogens (tertiary/aromatic N) is 1. The van der Waals surface area contributed by atoms with Crippen LogP contribution in [0.3, 0.4) is 0 Å². The summed E-state index contributed by atoms with van der Waals surface area (Å²) in [4.78, 5) is 2.54. The van der Waals surface area contributed by atoms with Gasteiger partial charge in [0.1, 0.15) is 5.75 Å². The Bertz CT molecular complexity index is 442. The third-order valence-electron chi connectivity index (χ3n) is 4.45. The maximum Gasteiger partial charge on any atom is 0.121 e. The second kappa shape index (κ2) is 5.81. The van der Waals surface area contributed by atoms with E-state index < -0.39 is 0 Å². The smallest absolute Gasteiger partial charge is 0.121 e. The van der Waals surface area contributed by atoms with Crippen LogP contribution in [0.2, 0.25) is 0 Å². The van der Waals surface area contributed by atoms with Gasteiger partial charge in [-0.1, -0.05) is 28.4 Å². The Labute approximate surface area is 123 Å². The van der Waals surface area contributed by atoms with Crippen LogP contribution in [0.15, 0.2) is 22.7 Å². The molecule has 0 amide bonds. The molecule has 0 unspecified atom stereocenters. The number of nitrogens with one attached hydrogen (secondary N) is 1. The molecule has 0 spiro atoms. The molecule has 0 radical (unpaired) electrons. The molecular formula is C15H21BrN2O. The van der Waals surface area contributed by atoms with E-state index >= 15 is 0 Å². The highest BCUT2D eigenvalue weighted by molar-refractivity contribution is 9.10. The molecule has 19 heavy (non-hydrogen) atoms. The monoisotopic (exact) mass is 324 g/mol. The summed E-state index contributed by atoms with van der Waals surface area (Å²) < 4.78 is 0.946. The molecule has 1 aliphatic carbocycles. The molecule has 1 aliphatic heterocycles. The van der Waals surface area contributed by atoms with Crippen LogP contribution >= 0.6 is 15.9 Å². The predicted molar refractivity (Wildman–Crippen MR) is 80.3 cm³/mol. The first-order valence-corrected chi connectivity index (χ1v) is 7.98. The fourth-order valence-corrected chi connectivity index (χ4v) is 3.58. The quantitative estimate of drug-likeness (QED) is 0.897. The van der Waals surface area contributed by atoms with Gasteiger partial charge in [-0.05, 0) is 30.9 Å². The summed E-state index contributed by atoms with van der Waals surface area (Å²) in [5.74, 6) is 1.15. The molecule has 1 saturated heterocycles. The second-order valence-corrected chi connectivity index (χ2v) is 6.54. The number of phenolic OH excluding ortho intramolecular Hbond substituents is 1. The van der Waals surface area contributed by atoms with Crippen molar-refractivity contribution < 1.29 is 5.11 Å². The van der Waals surface area contributed by atoms with Gasteiger partial charge in [0.25, 0.3) is 0 Å². The Morgan fingerprint density at radius 1 is 1.26 bits per heavy atom. The van der Waals surface area contributed by atoms with Gasteiger partial charge in [-0.2, -0.15) is 0 Å².